The van der Waals surface area contributed by atoms with Gasteiger partial charge in [0.2, 0.25) is 17.8 Å². The molecule has 6 heterocycles. The molecular weight excluding hydrogens is 859 g/mol. The number of aromatic nitrogens is 4. The zero-order valence-corrected chi connectivity index (χ0v) is 40.1. The number of amides is 2. The average molecular weight is 924 g/mol. The Labute approximate surface area is 398 Å². The molecule has 15 heteroatoms. The second-order valence-electron chi connectivity index (χ2n) is 19.1. The molecule has 1 atom stereocenters. The average Bonchev–Trinajstić information content (AvgIpc) is 3.87. The topological polar surface area (TPSA) is 183 Å². The molecule has 0 radical (unpaired) electrons. The molecule has 9 rings (SSSR count). The highest BCUT2D eigenvalue weighted by Crippen LogP contribution is 2.35. The maximum Gasteiger partial charge on any atom is 0.263 e. The molecule has 0 spiro atoms. The van der Waals surface area contributed by atoms with Crippen molar-refractivity contribution in [2.45, 2.75) is 117 Å². The van der Waals surface area contributed by atoms with Crippen LogP contribution in [-0.2, 0) is 34.7 Å². The van der Waals surface area contributed by atoms with Crippen LogP contribution in [0.1, 0.15) is 134 Å². The molecule has 3 aliphatic heterocycles. The molecule has 5 aromatic rings. The van der Waals surface area contributed by atoms with Gasteiger partial charge in [0.15, 0.2) is 11.6 Å². The van der Waals surface area contributed by atoms with Gasteiger partial charge >= 0.3 is 0 Å². The smallest absolute Gasteiger partial charge is 0.263 e. The third-order valence-corrected chi connectivity index (χ3v) is 14.4. The van der Waals surface area contributed by atoms with Crippen LogP contribution in [0.5, 0.6) is 0 Å². The van der Waals surface area contributed by atoms with Gasteiger partial charge in [0.05, 0.1) is 23.0 Å². The minimum atomic E-state index is -0.859. The van der Waals surface area contributed by atoms with Crippen molar-refractivity contribution < 1.29 is 24.3 Å². The Balaban J connectivity index is 0.000000624. The standard InChI is InChI=1S/C47H56N8O4.C6H9NO2/c1-5-36-26-37(14-16-40(36)32(3)56)47(59)18-20-52(21-19-47)29-34-10-12-35(13-11-34)30-53-22-24-54(25-23-53)39-15-17-42(48-27-39)50-46-49-28-41-31(2)43(33(4)57)45(58)55(44(41)51-46)38-8-6-7-9-38;1-4-2-3-5(8)7-6(4)9/h10-17,26-28,38,59H,5-9,18-25,29-30H2,1-4H3,(H,48,49,50,51);4H,2-3H2,1H3,(H,7,8,9). The zero-order valence-electron chi connectivity index (χ0n) is 40.1. The van der Waals surface area contributed by atoms with Crippen molar-refractivity contribution >= 4 is 51.9 Å². The van der Waals surface area contributed by atoms with E-state index in [1.54, 1.807) is 24.6 Å². The number of hydrogen-bond donors (Lipinski definition) is 3. The van der Waals surface area contributed by atoms with Crippen LogP contribution in [0.3, 0.4) is 0 Å². The lowest BCUT2D eigenvalue weighted by Crippen LogP contribution is -2.46. The van der Waals surface area contributed by atoms with Crippen LogP contribution in [0.4, 0.5) is 17.5 Å². The van der Waals surface area contributed by atoms with Gasteiger partial charge in [-0.25, -0.2) is 9.97 Å². The third-order valence-electron chi connectivity index (χ3n) is 14.4. The van der Waals surface area contributed by atoms with E-state index in [1.165, 1.54) is 18.1 Å². The van der Waals surface area contributed by atoms with Crippen molar-refractivity contribution in [2.24, 2.45) is 5.92 Å². The molecule has 4 aliphatic rings. The number of ketones is 2. The van der Waals surface area contributed by atoms with Gasteiger partial charge in [-0.1, -0.05) is 69.2 Å². The molecule has 0 bridgehead atoms. The van der Waals surface area contributed by atoms with Gasteiger partial charge < -0.3 is 15.3 Å². The van der Waals surface area contributed by atoms with E-state index in [-0.39, 0.29) is 46.5 Å². The Morgan fingerprint density at radius 1 is 0.824 bits per heavy atom. The molecule has 3 N–H and O–H groups in total. The summed E-state index contributed by atoms with van der Waals surface area (Å²) in [6, 6.07) is 18.9. The molecule has 2 amide bonds. The Morgan fingerprint density at radius 3 is 2.06 bits per heavy atom. The minimum Gasteiger partial charge on any atom is -0.385 e. The number of aryl methyl sites for hydroxylation is 2. The largest absolute Gasteiger partial charge is 0.385 e. The molecule has 2 aromatic carbocycles. The number of carbonyl (C=O) groups excluding carboxylic acids is 4. The molecule has 358 valence electrons. The van der Waals surface area contributed by atoms with E-state index in [0.29, 0.717) is 48.7 Å². The summed E-state index contributed by atoms with van der Waals surface area (Å²) in [5, 5.41) is 17.8. The predicted molar refractivity (Wildman–Crippen MR) is 263 cm³/mol. The Kier molecular flexibility index (Phi) is 14.9. The summed E-state index contributed by atoms with van der Waals surface area (Å²) in [6.07, 6.45) is 10.8. The number of anilines is 3. The molecular formula is C53H65N9O6. The van der Waals surface area contributed by atoms with Gasteiger partial charge in [-0.05, 0) is 99.2 Å². The van der Waals surface area contributed by atoms with Gasteiger partial charge in [0, 0.05) is 87.9 Å². The first-order valence-corrected chi connectivity index (χ1v) is 24.3. The summed E-state index contributed by atoms with van der Waals surface area (Å²) in [4.78, 5) is 80.6. The van der Waals surface area contributed by atoms with Crippen LogP contribution in [0, 0.1) is 12.8 Å². The quantitative estimate of drug-likeness (QED) is 0.0846. The van der Waals surface area contributed by atoms with E-state index in [9.17, 15) is 29.1 Å². The maximum absolute atomic E-state index is 13.6. The lowest BCUT2D eigenvalue weighted by Gasteiger charge is -2.39. The van der Waals surface area contributed by atoms with E-state index >= 15 is 0 Å². The molecule has 1 saturated carbocycles. The van der Waals surface area contributed by atoms with Gasteiger partial charge in [0.25, 0.3) is 5.56 Å². The normalized spacial score (nSPS) is 19.1. The number of likely N-dealkylation sites (tertiary alicyclic amines) is 1. The fourth-order valence-corrected chi connectivity index (χ4v) is 10.2. The van der Waals surface area contributed by atoms with Crippen LogP contribution >= 0.6 is 0 Å². The summed E-state index contributed by atoms with van der Waals surface area (Å²) >= 11 is 0. The lowest BCUT2D eigenvalue weighted by molar-refractivity contribution is -0.135. The molecule has 15 nitrogen and oxygen atoms in total. The summed E-state index contributed by atoms with van der Waals surface area (Å²) in [5.74, 6) is 0.560. The SMILES string of the molecule is CC1CCC(=O)NC1=O.CCc1cc(C2(O)CCN(Cc3ccc(CN4CCN(c5ccc(Nc6ncc7c(C)c(C(C)=O)c(=O)n(C8CCCC8)c7n6)nc5)CC4)cc3)CC2)ccc1C(C)=O. The first-order chi connectivity index (χ1) is 32.7. The lowest BCUT2D eigenvalue weighted by atomic mass is 9.82. The number of Topliss-reactive ketones (excluding diaryl/α,β-unsaturated/α-hetero) is 2. The van der Waals surface area contributed by atoms with Crippen molar-refractivity contribution in [1.29, 1.82) is 0 Å². The van der Waals surface area contributed by atoms with Crippen LogP contribution < -0.4 is 21.1 Å². The Bertz CT molecular complexity index is 2710. The Morgan fingerprint density at radius 2 is 1.49 bits per heavy atom. The van der Waals surface area contributed by atoms with Crippen LogP contribution in [0.25, 0.3) is 11.0 Å². The van der Waals surface area contributed by atoms with Gasteiger partial charge in [-0.3, -0.25) is 43.7 Å². The number of carbonyl (C=O) groups is 4. The van der Waals surface area contributed by atoms with Crippen LogP contribution in [-0.4, -0.2) is 97.1 Å². The van der Waals surface area contributed by atoms with Crippen molar-refractivity contribution in [3.05, 3.63) is 116 Å². The highest BCUT2D eigenvalue weighted by Gasteiger charge is 2.35. The van der Waals surface area contributed by atoms with Gasteiger partial charge in [0.1, 0.15) is 11.5 Å². The monoisotopic (exact) mass is 924 g/mol. The molecule has 3 aromatic heterocycles. The van der Waals surface area contributed by atoms with E-state index < -0.39 is 5.60 Å². The van der Waals surface area contributed by atoms with E-state index in [2.05, 4.69) is 72.6 Å². The van der Waals surface area contributed by atoms with Crippen molar-refractivity contribution in [3.8, 4) is 0 Å². The zero-order chi connectivity index (χ0) is 48.1. The highest BCUT2D eigenvalue weighted by atomic mass is 16.3. The molecule has 1 aliphatic carbocycles. The molecule has 4 fully saturated rings. The summed E-state index contributed by atoms with van der Waals surface area (Å²) in [6.45, 7) is 15.9. The van der Waals surface area contributed by atoms with Gasteiger partial charge in [-0.2, -0.15) is 4.98 Å². The van der Waals surface area contributed by atoms with Gasteiger partial charge in [-0.15, -0.1) is 0 Å². The van der Waals surface area contributed by atoms with Crippen molar-refractivity contribution in [3.63, 3.8) is 0 Å². The molecule has 1 unspecified atom stereocenters. The second-order valence-corrected chi connectivity index (χ2v) is 19.1. The van der Waals surface area contributed by atoms with Crippen LogP contribution in [0.15, 0.2) is 71.8 Å². The molecule has 68 heavy (non-hydrogen) atoms. The van der Waals surface area contributed by atoms with E-state index in [4.69, 9.17) is 4.98 Å². The fourth-order valence-electron chi connectivity index (χ4n) is 10.2. The summed E-state index contributed by atoms with van der Waals surface area (Å²) < 4.78 is 1.73. The number of rotatable bonds is 12. The number of aliphatic hydroxyl groups is 1. The van der Waals surface area contributed by atoms with Crippen LogP contribution in [0.2, 0.25) is 0 Å². The Hall–Kier alpha value is -6.16. The minimum absolute atomic E-state index is 0.0164. The van der Waals surface area contributed by atoms with Crippen molar-refractivity contribution in [2.75, 3.05) is 49.5 Å². The maximum atomic E-state index is 13.6. The fraction of sp³-hybridized carbons (Fsp3) is 0.472. The predicted octanol–water partition coefficient (Wildman–Crippen LogP) is 7.19. The van der Waals surface area contributed by atoms with E-state index in [1.807, 2.05) is 37.4 Å². The highest BCUT2D eigenvalue weighted by molar-refractivity contribution is 6.00. The third kappa shape index (κ3) is 10.9. The number of nitrogens with zero attached hydrogens (tertiary/aromatic N) is 7. The second kappa shape index (κ2) is 21.0. The first kappa shape index (κ1) is 48.3. The number of nitrogens with one attached hydrogen (secondary N) is 2. The summed E-state index contributed by atoms with van der Waals surface area (Å²) in [5.41, 5.74) is 6.63. The molecule has 3 saturated heterocycles. The number of imide groups is 1. The number of pyridine rings is 2. The first-order valence-electron chi connectivity index (χ1n) is 24.3. The number of hydrogen-bond acceptors (Lipinski definition) is 13. The number of fused-ring (bicyclic) bond motifs is 1. The number of benzene rings is 2. The number of piperidine rings is 2. The summed E-state index contributed by atoms with van der Waals surface area (Å²) in [7, 11) is 0. The van der Waals surface area contributed by atoms with E-state index in [0.717, 1.165) is 112 Å². The van der Waals surface area contributed by atoms with Crippen molar-refractivity contribution in [1.82, 2.24) is 34.6 Å². The number of piperazine rings is 1.